The summed E-state index contributed by atoms with van der Waals surface area (Å²) in [6.45, 7) is 0. The molecule has 23 heavy (non-hydrogen) atoms. The maximum atomic E-state index is 12.8. The predicted octanol–water partition coefficient (Wildman–Crippen LogP) is 3.88. The summed E-state index contributed by atoms with van der Waals surface area (Å²) in [6.07, 6.45) is -2.40. The summed E-state index contributed by atoms with van der Waals surface area (Å²) in [5.74, 6) is 0.638. The van der Waals surface area contributed by atoms with Gasteiger partial charge in [0.15, 0.2) is 0 Å². The molecule has 0 aliphatic heterocycles. The van der Waals surface area contributed by atoms with Crippen molar-refractivity contribution >= 4 is 17.1 Å². The fourth-order valence-corrected chi connectivity index (χ4v) is 3.14. The Bertz CT molecular complexity index is 726. The molecule has 1 aromatic heterocycles. The molecule has 1 fully saturated rings. The van der Waals surface area contributed by atoms with Gasteiger partial charge in [-0.3, -0.25) is 0 Å². The number of halogens is 3. The molecule has 8 heteroatoms. The molecule has 0 radical (unpaired) electrons. The van der Waals surface area contributed by atoms with Crippen LogP contribution in [-0.4, -0.2) is 27.2 Å². The van der Waals surface area contributed by atoms with Crippen LogP contribution in [0.5, 0.6) is 0 Å². The van der Waals surface area contributed by atoms with Gasteiger partial charge in [-0.05, 0) is 37.5 Å². The summed E-state index contributed by atoms with van der Waals surface area (Å²) in [7, 11) is 0. The zero-order chi connectivity index (χ0) is 16.6. The lowest BCUT2D eigenvalue weighted by molar-refractivity contribution is -0.137. The number of carboxylic acid groups (broad SMARTS) is 1. The number of nitrogens with zero attached hydrogens (tertiary/aromatic N) is 1. The summed E-state index contributed by atoms with van der Waals surface area (Å²) in [5, 5.41) is 11.3. The summed E-state index contributed by atoms with van der Waals surface area (Å²) < 4.78 is 38.3. The maximum absolute atomic E-state index is 12.8. The minimum absolute atomic E-state index is 0.0161. The van der Waals surface area contributed by atoms with Gasteiger partial charge in [0.25, 0.3) is 0 Å². The Hall–Kier alpha value is -2.25. The van der Waals surface area contributed by atoms with Gasteiger partial charge in [-0.1, -0.05) is 6.42 Å². The number of carbonyl (C=O) groups is 1. The van der Waals surface area contributed by atoms with Crippen LogP contribution in [0.3, 0.4) is 0 Å². The number of hydrogen-bond donors (Lipinski definition) is 3. The number of amides is 1. The van der Waals surface area contributed by atoms with E-state index in [9.17, 15) is 18.0 Å². The lowest BCUT2D eigenvalue weighted by Gasteiger charge is -2.27. The van der Waals surface area contributed by atoms with E-state index in [1.54, 1.807) is 0 Å². The highest BCUT2D eigenvalue weighted by Gasteiger charge is 2.31. The predicted molar refractivity (Wildman–Crippen MR) is 77.3 cm³/mol. The van der Waals surface area contributed by atoms with E-state index in [2.05, 4.69) is 15.3 Å². The Morgan fingerprint density at radius 3 is 2.83 bits per heavy atom. The van der Waals surface area contributed by atoms with Gasteiger partial charge in [0.05, 0.1) is 16.6 Å². The quantitative estimate of drug-likeness (QED) is 0.783. The van der Waals surface area contributed by atoms with Crippen molar-refractivity contribution in [3.05, 3.63) is 29.6 Å². The van der Waals surface area contributed by atoms with E-state index in [0.29, 0.717) is 23.3 Å². The molecule has 124 valence electrons. The van der Waals surface area contributed by atoms with Gasteiger partial charge in [0.2, 0.25) is 0 Å². The van der Waals surface area contributed by atoms with E-state index < -0.39 is 17.8 Å². The van der Waals surface area contributed by atoms with E-state index in [1.165, 1.54) is 6.07 Å². The summed E-state index contributed by atoms with van der Waals surface area (Å²) in [6, 6.07) is 3.28. The standard InChI is InChI=1S/C15H16F3N3O2/c16-15(17,18)9-4-5-11-12(7-9)21-13(20-11)8-2-1-3-10(6-8)19-14(22)23/h4-5,7-8,10,19H,1-3,6H2,(H,20,21)(H,22,23)/t8-,10?/m0/s1. The van der Waals surface area contributed by atoms with Crippen LogP contribution in [0.15, 0.2) is 18.2 Å². The molecule has 1 heterocycles. The molecule has 1 unspecified atom stereocenters. The smallest absolute Gasteiger partial charge is 0.416 e. The molecule has 2 aromatic rings. The third-order valence-electron chi connectivity index (χ3n) is 4.22. The highest BCUT2D eigenvalue weighted by molar-refractivity contribution is 5.76. The van der Waals surface area contributed by atoms with Crippen molar-refractivity contribution in [2.24, 2.45) is 0 Å². The number of H-pyrrole nitrogens is 1. The molecular formula is C15H16F3N3O2. The lowest BCUT2D eigenvalue weighted by Crippen LogP contribution is -2.37. The van der Waals surface area contributed by atoms with Crippen molar-refractivity contribution in [3.8, 4) is 0 Å². The van der Waals surface area contributed by atoms with E-state index in [1.807, 2.05) is 0 Å². The first-order chi connectivity index (χ1) is 10.8. The van der Waals surface area contributed by atoms with Gasteiger partial charge in [0.1, 0.15) is 5.82 Å². The summed E-state index contributed by atoms with van der Waals surface area (Å²) in [5.41, 5.74) is 0.124. The number of aromatic amines is 1. The second-order valence-electron chi connectivity index (χ2n) is 5.86. The Morgan fingerprint density at radius 1 is 1.35 bits per heavy atom. The van der Waals surface area contributed by atoms with Crippen molar-refractivity contribution in [2.45, 2.75) is 43.8 Å². The molecule has 1 amide bonds. The summed E-state index contributed by atoms with van der Waals surface area (Å²) in [4.78, 5) is 18.1. The van der Waals surface area contributed by atoms with Crippen LogP contribution in [0.1, 0.15) is 43.0 Å². The second kappa shape index (κ2) is 5.75. The first-order valence-electron chi connectivity index (χ1n) is 7.39. The Balaban J connectivity index is 1.84. The molecule has 0 saturated heterocycles. The zero-order valence-electron chi connectivity index (χ0n) is 12.2. The molecule has 1 aliphatic rings. The minimum atomic E-state index is -4.39. The monoisotopic (exact) mass is 327 g/mol. The van der Waals surface area contributed by atoms with Crippen LogP contribution in [-0.2, 0) is 6.18 Å². The van der Waals surface area contributed by atoms with Gasteiger partial charge in [0, 0.05) is 12.0 Å². The highest BCUT2D eigenvalue weighted by Crippen LogP contribution is 2.34. The zero-order valence-corrected chi connectivity index (χ0v) is 12.2. The van der Waals surface area contributed by atoms with Crippen molar-refractivity contribution in [1.29, 1.82) is 0 Å². The van der Waals surface area contributed by atoms with Crippen LogP contribution in [0.4, 0.5) is 18.0 Å². The molecule has 3 rings (SSSR count). The number of imidazole rings is 1. The topological polar surface area (TPSA) is 78.0 Å². The highest BCUT2D eigenvalue weighted by atomic mass is 19.4. The van der Waals surface area contributed by atoms with E-state index in [-0.39, 0.29) is 12.0 Å². The van der Waals surface area contributed by atoms with Gasteiger partial charge in [-0.25, -0.2) is 9.78 Å². The van der Waals surface area contributed by atoms with Gasteiger partial charge in [-0.15, -0.1) is 0 Å². The molecule has 1 aliphatic carbocycles. The number of rotatable bonds is 2. The van der Waals surface area contributed by atoms with Crippen molar-refractivity contribution in [3.63, 3.8) is 0 Å². The number of nitrogens with one attached hydrogen (secondary N) is 2. The first kappa shape index (κ1) is 15.6. The molecule has 1 aromatic carbocycles. The third-order valence-corrected chi connectivity index (χ3v) is 4.22. The average Bonchev–Trinajstić information content (AvgIpc) is 2.89. The molecule has 1 saturated carbocycles. The molecule has 2 atom stereocenters. The number of fused-ring (bicyclic) bond motifs is 1. The van der Waals surface area contributed by atoms with Crippen molar-refractivity contribution in [2.75, 3.05) is 0 Å². The molecule has 0 spiro atoms. The summed E-state index contributed by atoms with van der Waals surface area (Å²) >= 11 is 0. The number of aromatic nitrogens is 2. The fraction of sp³-hybridized carbons (Fsp3) is 0.467. The van der Waals surface area contributed by atoms with E-state index >= 15 is 0 Å². The largest absolute Gasteiger partial charge is 0.465 e. The SMILES string of the molecule is O=C(O)NC1CCC[C@H](c2nc3ccc(C(F)(F)F)cc3[nH]2)C1. The second-order valence-corrected chi connectivity index (χ2v) is 5.86. The fourth-order valence-electron chi connectivity index (χ4n) is 3.14. The van der Waals surface area contributed by atoms with Crippen LogP contribution >= 0.6 is 0 Å². The number of hydrogen-bond acceptors (Lipinski definition) is 2. The van der Waals surface area contributed by atoms with Crippen molar-refractivity contribution in [1.82, 2.24) is 15.3 Å². The van der Waals surface area contributed by atoms with Gasteiger partial charge >= 0.3 is 12.3 Å². The molecule has 3 N–H and O–H groups in total. The number of benzene rings is 1. The Morgan fingerprint density at radius 2 is 2.13 bits per heavy atom. The van der Waals surface area contributed by atoms with Crippen LogP contribution in [0.2, 0.25) is 0 Å². The average molecular weight is 327 g/mol. The maximum Gasteiger partial charge on any atom is 0.416 e. The molecule has 0 bridgehead atoms. The van der Waals surface area contributed by atoms with Crippen molar-refractivity contribution < 1.29 is 23.1 Å². The first-order valence-corrected chi connectivity index (χ1v) is 7.39. The van der Waals surface area contributed by atoms with Gasteiger partial charge in [-0.2, -0.15) is 13.2 Å². The van der Waals surface area contributed by atoms with E-state index in [4.69, 9.17) is 5.11 Å². The molecule has 5 nitrogen and oxygen atoms in total. The van der Waals surface area contributed by atoms with E-state index in [0.717, 1.165) is 31.4 Å². The van der Waals surface area contributed by atoms with Crippen LogP contribution in [0.25, 0.3) is 11.0 Å². The van der Waals surface area contributed by atoms with Crippen LogP contribution in [0, 0.1) is 0 Å². The Labute approximate surface area is 129 Å². The minimum Gasteiger partial charge on any atom is -0.465 e. The van der Waals surface area contributed by atoms with Gasteiger partial charge < -0.3 is 15.4 Å². The normalized spacial score (nSPS) is 22.2. The third kappa shape index (κ3) is 3.40. The Kier molecular flexibility index (Phi) is 3.91. The number of alkyl halides is 3. The lowest BCUT2D eigenvalue weighted by atomic mass is 9.85. The van der Waals surface area contributed by atoms with Crippen LogP contribution < -0.4 is 5.32 Å². The molecular weight excluding hydrogens is 311 g/mol.